The number of aromatic amines is 2. The molecule has 4 N–H and O–H groups in total. The van der Waals surface area contributed by atoms with Crippen LogP contribution in [-0.4, -0.2) is 92.1 Å². The summed E-state index contributed by atoms with van der Waals surface area (Å²) in [5.41, 5.74) is 5.19. The van der Waals surface area contributed by atoms with E-state index in [0.717, 1.165) is 77.4 Å². The molecule has 4 aromatic rings. The van der Waals surface area contributed by atoms with Gasteiger partial charge in [0.15, 0.2) is 0 Å². The molecule has 0 bridgehead atoms. The number of likely N-dealkylation sites (tertiary alicyclic amines) is 2. The molecule has 2 saturated carbocycles. The number of carbonyl (C=O) groups is 4. The van der Waals surface area contributed by atoms with Crippen molar-refractivity contribution in [3.05, 3.63) is 83.7 Å². The van der Waals surface area contributed by atoms with Gasteiger partial charge in [-0.15, -0.1) is 0 Å². The van der Waals surface area contributed by atoms with Crippen LogP contribution in [0, 0.1) is 35.5 Å². The van der Waals surface area contributed by atoms with Gasteiger partial charge in [-0.25, -0.2) is 19.6 Å². The molecule has 0 radical (unpaired) electrons. The van der Waals surface area contributed by atoms with Crippen LogP contribution in [0.5, 0.6) is 0 Å². The van der Waals surface area contributed by atoms with Crippen molar-refractivity contribution in [2.24, 2.45) is 23.7 Å². The van der Waals surface area contributed by atoms with Gasteiger partial charge in [-0.3, -0.25) is 9.59 Å². The van der Waals surface area contributed by atoms with Crippen LogP contribution in [0.25, 0.3) is 22.5 Å². The minimum absolute atomic E-state index is 0.107. The van der Waals surface area contributed by atoms with Gasteiger partial charge in [0.1, 0.15) is 23.7 Å². The van der Waals surface area contributed by atoms with Gasteiger partial charge in [0.25, 0.3) is 0 Å². The average molecular weight is 801 g/mol. The van der Waals surface area contributed by atoms with Crippen LogP contribution in [-0.2, 0) is 19.1 Å². The van der Waals surface area contributed by atoms with Crippen molar-refractivity contribution in [3.63, 3.8) is 0 Å². The van der Waals surface area contributed by atoms with E-state index in [1.165, 1.54) is 14.2 Å². The number of carbonyl (C=O) groups excluding carboxylic acids is 4. The second-order valence-corrected chi connectivity index (χ2v) is 17.0. The molecule has 2 aromatic heterocycles. The second-order valence-electron chi connectivity index (χ2n) is 17.0. The zero-order valence-corrected chi connectivity index (χ0v) is 34.3. The minimum Gasteiger partial charge on any atom is -0.453 e. The molecule has 4 amide bonds. The van der Waals surface area contributed by atoms with E-state index < -0.39 is 24.3 Å². The maximum absolute atomic E-state index is 14.0. The number of imidazole rings is 2. The summed E-state index contributed by atoms with van der Waals surface area (Å²) in [4.78, 5) is 72.4. The van der Waals surface area contributed by atoms with Crippen LogP contribution in [0.1, 0.15) is 94.7 Å². The number of rotatable bonds is 10. The summed E-state index contributed by atoms with van der Waals surface area (Å²) in [7, 11) is 2.60. The number of H-pyrrole nitrogens is 2. The highest BCUT2D eigenvalue weighted by Gasteiger charge is 2.56. The van der Waals surface area contributed by atoms with Gasteiger partial charge in [0, 0.05) is 34.3 Å². The number of piperidine rings is 1. The Morgan fingerprint density at radius 3 is 1.59 bits per heavy atom. The predicted octanol–water partition coefficient (Wildman–Crippen LogP) is 6.34. The lowest BCUT2D eigenvalue weighted by atomic mass is 9.80. The summed E-state index contributed by atoms with van der Waals surface area (Å²) >= 11 is 0. The van der Waals surface area contributed by atoms with E-state index in [1.807, 2.05) is 92.2 Å². The second kappa shape index (κ2) is 16.3. The van der Waals surface area contributed by atoms with E-state index in [1.54, 1.807) is 6.20 Å². The van der Waals surface area contributed by atoms with E-state index in [-0.39, 0.29) is 47.8 Å². The van der Waals surface area contributed by atoms with E-state index in [4.69, 9.17) is 19.4 Å². The zero-order chi connectivity index (χ0) is 41.5. The maximum Gasteiger partial charge on any atom is 0.407 e. The number of hydrogen-bond donors (Lipinski definition) is 4. The van der Waals surface area contributed by atoms with Crippen molar-refractivity contribution < 1.29 is 28.7 Å². The quantitative estimate of drug-likeness (QED) is 0.135. The molecule has 0 spiro atoms. The molecule has 8 rings (SSSR count). The number of aromatic nitrogens is 4. The number of nitrogens with zero attached hydrogens (tertiary/aromatic N) is 4. The maximum atomic E-state index is 14.0. The summed E-state index contributed by atoms with van der Waals surface area (Å²) in [6.45, 7) is 7.67. The van der Waals surface area contributed by atoms with E-state index in [2.05, 4.69) is 32.4 Å². The lowest BCUT2D eigenvalue weighted by Crippen LogP contribution is -2.54. The number of fused-ring (bicyclic) bond motifs is 2. The van der Waals surface area contributed by atoms with Gasteiger partial charge in [-0.2, -0.15) is 0 Å². The molecule has 4 heterocycles. The first-order valence-electron chi connectivity index (χ1n) is 20.6. The van der Waals surface area contributed by atoms with E-state index >= 15 is 0 Å². The van der Waals surface area contributed by atoms with Crippen LogP contribution >= 0.6 is 0 Å². The van der Waals surface area contributed by atoms with Crippen molar-refractivity contribution in [1.29, 1.82) is 0 Å². The Morgan fingerprint density at radius 1 is 0.678 bits per heavy atom. The molecule has 308 valence electrons. The number of alkyl carbamates (subject to hydrolysis) is 2. The number of amides is 4. The van der Waals surface area contributed by atoms with Crippen molar-refractivity contribution in [3.8, 4) is 34.4 Å². The number of ether oxygens (including phenoxy) is 2. The minimum atomic E-state index is -0.695. The van der Waals surface area contributed by atoms with Gasteiger partial charge >= 0.3 is 12.2 Å². The SMILES string of the molecule is COC(=O)N[C@H](C(=O)N1[C@@H]2CC2C[C@H]1c1ncc(-c2cccc(C#Cc3cccc(-c4cnc([C@@H]5C[C@H]6CC[C@H]6N5C(=O)[C@@H](NC(=O)OC)C(C)C)[nH]4)c3)c2)[nH]1)C(C)C. The van der Waals surface area contributed by atoms with Crippen molar-refractivity contribution in [1.82, 2.24) is 40.4 Å². The lowest BCUT2D eigenvalue weighted by Gasteiger charge is -2.39. The van der Waals surface area contributed by atoms with Crippen molar-refractivity contribution in [2.75, 3.05) is 14.2 Å². The van der Waals surface area contributed by atoms with Crippen LogP contribution in [0.2, 0.25) is 0 Å². The first kappa shape index (κ1) is 39.7. The number of hydrogen-bond acceptors (Lipinski definition) is 8. The number of methoxy groups -OCH3 is 2. The highest BCUT2D eigenvalue weighted by atomic mass is 16.5. The highest BCUT2D eigenvalue weighted by molar-refractivity contribution is 5.88. The third-order valence-corrected chi connectivity index (χ3v) is 12.5. The largest absolute Gasteiger partial charge is 0.453 e. The molecule has 8 atom stereocenters. The Balaban J connectivity index is 0.966. The summed E-state index contributed by atoms with van der Waals surface area (Å²) in [5, 5.41) is 5.49. The molecule has 2 aromatic carbocycles. The molecular formula is C45H52N8O6. The number of nitrogens with one attached hydrogen (secondary N) is 4. The first-order valence-corrected chi connectivity index (χ1v) is 20.6. The van der Waals surface area contributed by atoms with Crippen LogP contribution in [0.15, 0.2) is 60.9 Å². The molecule has 59 heavy (non-hydrogen) atoms. The van der Waals surface area contributed by atoms with Gasteiger partial charge in [-0.05, 0) is 80.0 Å². The summed E-state index contributed by atoms with van der Waals surface area (Å²) in [5.74, 6) is 8.50. The van der Waals surface area contributed by atoms with Crippen LogP contribution in [0.3, 0.4) is 0 Å². The molecule has 2 aliphatic heterocycles. The molecule has 4 aliphatic rings. The van der Waals surface area contributed by atoms with Gasteiger partial charge < -0.3 is 39.9 Å². The summed E-state index contributed by atoms with van der Waals surface area (Å²) in [6, 6.07) is 14.4. The summed E-state index contributed by atoms with van der Waals surface area (Å²) in [6.07, 6.45) is 7.00. The predicted molar refractivity (Wildman–Crippen MR) is 219 cm³/mol. The third-order valence-electron chi connectivity index (χ3n) is 12.5. The fourth-order valence-electron chi connectivity index (χ4n) is 9.10. The molecule has 4 fully saturated rings. The Bertz CT molecular complexity index is 2300. The highest BCUT2D eigenvalue weighted by Crippen LogP contribution is 2.53. The smallest absolute Gasteiger partial charge is 0.407 e. The van der Waals surface area contributed by atoms with Gasteiger partial charge in [0.2, 0.25) is 11.8 Å². The van der Waals surface area contributed by atoms with Gasteiger partial charge in [0.05, 0.1) is 50.1 Å². The molecule has 14 nitrogen and oxygen atoms in total. The number of benzene rings is 2. The van der Waals surface area contributed by atoms with E-state index in [9.17, 15) is 19.2 Å². The first-order chi connectivity index (χ1) is 28.4. The molecule has 14 heteroatoms. The lowest BCUT2D eigenvalue weighted by molar-refractivity contribution is -0.139. The molecular weight excluding hydrogens is 749 g/mol. The topological polar surface area (TPSA) is 175 Å². The normalized spacial score (nSPS) is 23.7. The van der Waals surface area contributed by atoms with Crippen molar-refractivity contribution >= 4 is 24.0 Å². The third kappa shape index (κ3) is 7.90. The molecule has 2 aliphatic carbocycles. The fraction of sp³-hybridized carbons (Fsp3) is 0.467. The zero-order valence-electron chi connectivity index (χ0n) is 34.3. The molecule has 1 unspecified atom stereocenters. The Kier molecular flexibility index (Phi) is 11.0. The Morgan fingerprint density at radius 2 is 1.15 bits per heavy atom. The van der Waals surface area contributed by atoms with Crippen molar-refractivity contribution in [2.45, 2.75) is 96.1 Å². The van der Waals surface area contributed by atoms with E-state index in [0.29, 0.717) is 11.8 Å². The van der Waals surface area contributed by atoms with Crippen LogP contribution < -0.4 is 10.6 Å². The fourth-order valence-corrected chi connectivity index (χ4v) is 9.10. The van der Waals surface area contributed by atoms with Gasteiger partial charge in [-0.1, -0.05) is 63.8 Å². The monoisotopic (exact) mass is 800 g/mol. The molecule has 2 saturated heterocycles. The standard InChI is InChI=1S/C45H52N8O6/c1-24(2)38(50-44(56)58-5)42(54)52-34-16-15-30(34)19-36(52)40-46-22-32(48-40)28-11-7-9-26(17-28)13-14-27-10-8-12-29(18-27)33-23-47-41(49-33)37-21-31-20-35(31)53(37)43(55)39(25(3)4)51-45(57)59-6/h7-12,17-18,22-25,30-31,34-39H,15-16,19-21H2,1-6H3,(H,46,48)(H,47,49)(H,50,56)(H,51,57)/t30-,31?,34-,35-,36+,37+,38+,39+/m1/s1. The Labute approximate surface area is 344 Å². The summed E-state index contributed by atoms with van der Waals surface area (Å²) < 4.78 is 9.62. The average Bonchev–Trinajstić information content (AvgIpc) is 3.64. The van der Waals surface area contributed by atoms with Crippen LogP contribution in [0.4, 0.5) is 9.59 Å². The Hall–Kier alpha value is -6.10.